The number of nitriles is 1. The molecule has 1 unspecified atom stereocenters. The zero-order chi connectivity index (χ0) is 18.1. The van der Waals surface area contributed by atoms with Gasteiger partial charge in [-0.25, -0.2) is 9.97 Å². The number of hydrogen-bond acceptors (Lipinski definition) is 6. The third-order valence-corrected chi connectivity index (χ3v) is 7.71. The smallest absolute Gasteiger partial charge is 0.234 e. The van der Waals surface area contributed by atoms with E-state index in [9.17, 15) is 10.1 Å². The van der Waals surface area contributed by atoms with Crippen molar-refractivity contribution in [1.82, 2.24) is 15.3 Å². The van der Waals surface area contributed by atoms with E-state index >= 15 is 0 Å². The van der Waals surface area contributed by atoms with Crippen LogP contribution >= 0.6 is 23.1 Å². The fourth-order valence-electron chi connectivity index (χ4n) is 3.97. The minimum atomic E-state index is -0.686. The Balaban J connectivity index is 1.53. The molecule has 2 aromatic rings. The van der Waals surface area contributed by atoms with Gasteiger partial charge in [0, 0.05) is 10.3 Å². The van der Waals surface area contributed by atoms with Crippen molar-refractivity contribution in [3.8, 4) is 6.07 Å². The first-order valence-electron chi connectivity index (χ1n) is 9.27. The number of thioether (sulfide) groups is 1. The van der Waals surface area contributed by atoms with E-state index in [4.69, 9.17) is 0 Å². The van der Waals surface area contributed by atoms with Crippen LogP contribution in [-0.4, -0.2) is 26.7 Å². The molecule has 1 amide bonds. The Hall–Kier alpha value is -1.65. The Morgan fingerprint density at radius 3 is 2.88 bits per heavy atom. The Morgan fingerprint density at radius 1 is 1.31 bits per heavy atom. The third kappa shape index (κ3) is 3.21. The number of fused-ring (bicyclic) bond motifs is 3. The lowest BCUT2D eigenvalue weighted by Crippen LogP contribution is -2.50. The molecule has 0 bridgehead atoms. The van der Waals surface area contributed by atoms with E-state index < -0.39 is 5.54 Å². The second kappa shape index (κ2) is 7.16. The number of nitrogens with one attached hydrogen (secondary N) is 1. The van der Waals surface area contributed by atoms with E-state index in [1.54, 1.807) is 17.7 Å². The highest BCUT2D eigenvalue weighted by Gasteiger charge is 2.35. The number of aryl methyl sites for hydroxylation is 2. The number of rotatable bonds is 4. The monoisotopic (exact) mass is 386 g/mol. The van der Waals surface area contributed by atoms with Gasteiger partial charge in [-0.2, -0.15) is 5.26 Å². The molecular weight excluding hydrogens is 364 g/mol. The largest absolute Gasteiger partial charge is 0.337 e. The topological polar surface area (TPSA) is 78.7 Å². The summed E-state index contributed by atoms with van der Waals surface area (Å²) in [5.41, 5.74) is 0.691. The Labute approximate surface area is 161 Å². The molecule has 4 rings (SSSR count). The van der Waals surface area contributed by atoms with Gasteiger partial charge in [-0.15, -0.1) is 11.3 Å². The minimum Gasteiger partial charge on any atom is -0.337 e. The minimum absolute atomic E-state index is 0.0721. The Bertz CT molecular complexity index is 880. The van der Waals surface area contributed by atoms with Crippen LogP contribution in [0.3, 0.4) is 0 Å². The summed E-state index contributed by atoms with van der Waals surface area (Å²) in [5, 5.41) is 14.4. The molecule has 1 fully saturated rings. The van der Waals surface area contributed by atoms with Crippen LogP contribution in [0.4, 0.5) is 0 Å². The molecule has 2 aliphatic carbocycles. The zero-order valence-corrected chi connectivity index (χ0v) is 16.5. The van der Waals surface area contributed by atoms with Crippen molar-refractivity contribution < 1.29 is 4.79 Å². The number of thiophene rings is 1. The normalized spacial score (nSPS) is 19.7. The second-order valence-corrected chi connectivity index (χ2v) is 9.63. The molecule has 0 radical (unpaired) electrons. The number of carbonyl (C=O) groups is 1. The van der Waals surface area contributed by atoms with Gasteiger partial charge < -0.3 is 5.32 Å². The molecule has 136 valence electrons. The van der Waals surface area contributed by atoms with Crippen molar-refractivity contribution in [3.63, 3.8) is 0 Å². The first kappa shape index (κ1) is 17.7. The van der Waals surface area contributed by atoms with Crippen molar-refractivity contribution in [2.24, 2.45) is 0 Å². The van der Waals surface area contributed by atoms with Crippen molar-refractivity contribution in [2.75, 3.05) is 0 Å². The highest BCUT2D eigenvalue weighted by atomic mass is 32.2. The standard InChI is InChI=1S/C19H22N4OS2/c1-12(16(24)23-19(10-20)8-3-2-4-9-19)25-17-15-13-6-5-7-14(13)26-18(15)22-11-21-17/h11-12H,2-9H2,1H3,(H,23,24). The fourth-order valence-corrected chi connectivity index (χ4v) is 6.21. The average molecular weight is 387 g/mol. The van der Waals surface area contributed by atoms with Crippen molar-refractivity contribution in [2.45, 2.75) is 74.1 Å². The summed E-state index contributed by atoms with van der Waals surface area (Å²) >= 11 is 3.24. The molecule has 2 heterocycles. The maximum Gasteiger partial charge on any atom is 0.234 e. The lowest BCUT2D eigenvalue weighted by atomic mass is 9.83. The van der Waals surface area contributed by atoms with Gasteiger partial charge >= 0.3 is 0 Å². The Morgan fingerprint density at radius 2 is 2.12 bits per heavy atom. The van der Waals surface area contributed by atoms with Crippen LogP contribution in [-0.2, 0) is 17.6 Å². The highest BCUT2D eigenvalue weighted by molar-refractivity contribution is 8.00. The second-order valence-electron chi connectivity index (χ2n) is 7.22. The van der Waals surface area contributed by atoms with Gasteiger partial charge in [-0.1, -0.05) is 31.0 Å². The summed E-state index contributed by atoms with van der Waals surface area (Å²) in [6.45, 7) is 1.90. The molecule has 2 aliphatic rings. The van der Waals surface area contributed by atoms with E-state index in [0.717, 1.165) is 60.2 Å². The van der Waals surface area contributed by atoms with Crippen molar-refractivity contribution in [3.05, 3.63) is 16.8 Å². The predicted octanol–water partition coefficient (Wildman–Crippen LogP) is 4.00. The van der Waals surface area contributed by atoms with Gasteiger partial charge in [-0.05, 0) is 44.6 Å². The molecule has 0 saturated heterocycles. The number of carbonyl (C=O) groups excluding carboxylic acids is 1. The maximum atomic E-state index is 12.8. The van der Waals surface area contributed by atoms with E-state index in [1.807, 2.05) is 6.92 Å². The van der Waals surface area contributed by atoms with Crippen LogP contribution in [0, 0.1) is 11.3 Å². The van der Waals surface area contributed by atoms with Crippen LogP contribution < -0.4 is 5.32 Å². The predicted molar refractivity (Wildman–Crippen MR) is 104 cm³/mol. The zero-order valence-electron chi connectivity index (χ0n) is 14.9. The fraction of sp³-hybridized carbons (Fsp3) is 0.579. The molecule has 2 aromatic heterocycles. The van der Waals surface area contributed by atoms with Gasteiger partial charge in [0.2, 0.25) is 5.91 Å². The number of amides is 1. The van der Waals surface area contributed by atoms with Gasteiger partial charge in [0.05, 0.1) is 11.3 Å². The van der Waals surface area contributed by atoms with E-state index in [-0.39, 0.29) is 11.2 Å². The maximum absolute atomic E-state index is 12.8. The van der Waals surface area contributed by atoms with Gasteiger partial charge in [0.1, 0.15) is 21.7 Å². The molecule has 1 N–H and O–H groups in total. The van der Waals surface area contributed by atoms with E-state index in [0.29, 0.717) is 0 Å². The van der Waals surface area contributed by atoms with Gasteiger partial charge in [0.25, 0.3) is 0 Å². The molecule has 1 atom stereocenters. The van der Waals surface area contributed by atoms with Gasteiger partial charge in [-0.3, -0.25) is 4.79 Å². The SMILES string of the molecule is CC(Sc1ncnc2sc3c(c12)CCC3)C(=O)NC1(C#N)CCCCC1. The first-order chi connectivity index (χ1) is 12.6. The van der Waals surface area contributed by atoms with Crippen LogP contribution in [0.1, 0.15) is 55.9 Å². The molecule has 7 heteroatoms. The van der Waals surface area contributed by atoms with Crippen molar-refractivity contribution in [1.29, 1.82) is 5.26 Å². The lowest BCUT2D eigenvalue weighted by molar-refractivity contribution is -0.121. The first-order valence-corrected chi connectivity index (χ1v) is 11.0. The molecular formula is C19H22N4OS2. The van der Waals surface area contributed by atoms with Crippen LogP contribution in [0.15, 0.2) is 11.4 Å². The number of hydrogen-bond donors (Lipinski definition) is 1. The summed E-state index contributed by atoms with van der Waals surface area (Å²) in [6.07, 6.45) is 9.65. The van der Waals surface area contributed by atoms with Crippen LogP contribution in [0.25, 0.3) is 10.2 Å². The number of nitrogens with zero attached hydrogens (tertiary/aromatic N) is 3. The average Bonchev–Trinajstić information content (AvgIpc) is 3.23. The van der Waals surface area contributed by atoms with E-state index in [1.165, 1.54) is 28.6 Å². The molecule has 1 saturated carbocycles. The quantitative estimate of drug-likeness (QED) is 0.635. The summed E-state index contributed by atoms with van der Waals surface area (Å²) in [5.74, 6) is -0.0721. The highest BCUT2D eigenvalue weighted by Crippen LogP contribution is 2.41. The molecule has 26 heavy (non-hydrogen) atoms. The van der Waals surface area contributed by atoms with Gasteiger partial charge in [0.15, 0.2) is 0 Å². The molecule has 0 spiro atoms. The third-order valence-electron chi connectivity index (χ3n) is 5.41. The summed E-state index contributed by atoms with van der Waals surface area (Å²) in [6, 6.07) is 2.36. The van der Waals surface area contributed by atoms with Crippen LogP contribution in [0.5, 0.6) is 0 Å². The molecule has 5 nitrogen and oxygen atoms in total. The summed E-state index contributed by atoms with van der Waals surface area (Å²) in [4.78, 5) is 24.1. The number of aromatic nitrogens is 2. The molecule has 0 aromatic carbocycles. The van der Waals surface area contributed by atoms with E-state index in [2.05, 4.69) is 21.4 Å². The summed E-state index contributed by atoms with van der Waals surface area (Å²) < 4.78 is 0. The molecule has 0 aliphatic heterocycles. The van der Waals surface area contributed by atoms with Crippen LogP contribution in [0.2, 0.25) is 0 Å². The summed E-state index contributed by atoms with van der Waals surface area (Å²) in [7, 11) is 0. The van der Waals surface area contributed by atoms with Crippen molar-refractivity contribution >= 4 is 39.2 Å². The Kier molecular flexibility index (Phi) is 4.89. The lowest BCUT2D eigenvalue weighted by Gasteiger charge is -2.32.